The monoisotopic (exact) mass is 340 g/mol. The molecular formula is C13H21BrN6. The van der Waals surface area contributed by atoms with Crippen LogP contribution in [0.25, 0.3) is 0 Å². The number of halogens is 1. The van der Waals surface area contributed by atoms with Gasteiger partial charge in [-0.3, -0.25) is 4.68 Å². The molecule has 7 heteroatoms. The summed E-state index contributed by atoms with van der Waals surface area (Å²) in [4.78, 5) is 4.31. The SMILES string of the molecule is CCCNCc1ncn(Cc2c(Br)c(CC)nn2C)n1. The topological polar surface area (TPSA) is 60.6 Å². The van der Waals surface area contributed by atoms with E-state index in [9.17, 15) is 0 Å². The Labute approximate surface area is 127 Å². The molecule has 0 atom stereocenters. The van der Waals surface area contributed by atoms with E-state index in [0.29, 0.717) is 13.1 Å². The van der Waals surface area contributed by atoms with Crippen molar-refractivity contribution < 1.29 is 0 Å². The van der Waals surface area contributed by atoms with Gasteiger partial charge < -0.3 is 5.32 Å². The van der Waals surface area contributed by atoms with Gasteiger partial charge in [0, 0.05) is 7.05 Å². The van der Waals surface area contributed by atoms with Crippen molar-refractivity contribution in [2.45, 2.75) is 39.8 Å². The first kappa shape index (κ1) is 15.2. The van der Waals surface area contributed by atoms with Crippen LogP contribution in [0.5, 0.6) is 0 Å². The van der Waals surface area contributed by atoms with Crippen LogP contribution in [-0.4, -0.2) is 31.1 Å². The highest BCUT2D eigenvalue weighted by Crippen LogP contribution is 2.22. The zero-order valence-corrected chi connectivity index (χ0v) is 13.8. The van der Waals surface area contributed by atoms with Crippen molar-refractivity contribution in [2.24, 2.45) is 7.05 Å². The van der Waals surface area contributed by atoms with E-state index in [0.717, 1.165) is 41.1 Å². The van der Waals surface area contributed by atoms with Gasteiger partial charge in [0.15, 0.2) is 5.82 Å². The van der Waals surface area contributed by atoms with Gasteiger partial charge in [0.25, 0.3) is 0 Å². The number of aryl methyl sites for hydroxylation is 2. The van der Waals surface area contributed by atoms with E-state index < -0.39 is 0 Å². The third-order valence-electron chi connectivity index (χ3n) is 3.11. The van der Waals surface area contributed by atoms with Crippen LogP contribution in [0.2, 0.25) is 0 Å². The second-order valence-corrected chi connectivity index (χ2v) is 5.51. The second kappa shape index (κ2) is 6.99. The Kier molecular flexibility index (Phi) is 5.31. The fourth-order valence-electron chi connectivity index (χ4n) is 2.01. The van der Waals surface area contributed by atoms with E-state index in [-0.39, 0.29) is 0 Å². The number of nitrogens with zero attached hydrogens (tertiary/aromatic N) is 5. The first-order valence-corrected chi connectivity index (χ1v) is 7.74. The molecule has 110 valence electrons. The molecule has 0 aromatic carbocycles. The van der Waals surface area contributed by atoms with Gasteiger partial charge in [-0.15, -0.1) is 0 Å². The molecule has 0 fully saturated rings. The summed E-state index contributed by atoms with van der Waals surface area (Å²) >= 11 is 3.62. The minimum Gasteiger partial charge on any atom is -0.310 e. The van der Waals surface area contributed by atoms with Gasteiger partial charge in [-0.2, -0.15) is 10.2 Å². The molecule has 0 bridgehead atoms. The average molecular weight is 341 g/mol. The molecule has 2 aromatic heterocycles. The molecular weight excluding hydrogens is 320 g/mol. The number of hydrogen-bond donors (Lipinski definition) is 1. The van der Waals surface area contributed by atoms with Crippen molar-refractivity contribution in [1.82, 2.24) is 29.9 Å². The van der Waals surface area contributed by atoms with Crippen molar-refractivity contribution in [3.8, 4) is 0 Å². The Balaban J connectivity index is 2.05. The summed E-state index contributed by atoms with van der Waals surface area (Å²) in [5.74, 6) is 0.826. The highest BCUT2D eigenvalue weighted by atomic mass is 79.9. The van der Waals surface area contributed by atoms with Crippen molar-refractivity contribution >= 4 is 15.9 Å². The van der Waals surface area contributed by atoms with Gasteiger partial charge in [-0.25, -0.2) is 9.67 Å². The minimum absolute atomic E-state index is 0.671. The lowest BCUT2D eigenvalue weighted by atomic mass is 10.3. The predicted molar refractivity (Wildman–Crippen MR) is 81.4 cm³/mol. The Morgan fingerprint density at radius 1 is 1.30 bits per heavy atom. The highest BCUT2D eigenvalue weighted by molar-refractivity contribution is 9.10. The molecule has 1 N–H and O–H groups in total. The fraction of sp³-hybridized carbons (Fsp3) is 0.615. The zero-order chi connectivity index (χ0) is 14.5. The van der Waals surface area contributed by atoms with Crippen molar-refractivity contribution in [3.05, 3.63) is 28.0 Å². The molecule has 0 aliphatic carbocycles. The van der Waals surface area contributed by atoms with Crippen molar-refractivity contribution in [2.75, 3.05) is 6.54 Å². The van der Waals surface area contributed by atoms with Crippen LogP contribution in [0.15, 0.2) is 10.8 Å². The van der Waals surface area contributed by atoms with E-state index in [1.54, 1.807) is 6.33 Å². The van der Waals surface area contributed by atoms with Gasteiger partial charge in [-0.05, 0) is 35.3 Å². The maximum Gasteiger partial charge on any atom is 0.164 e. The molecule has 0 spiro atoms. The molecule has 2 rings (SSSR count). The minimum atomic E-state index is 0.671. The lowest BCUT2D eigenvalue weighted by molar-refractivity contribution is 0.596. The Hall–Kier alpha value is -1.21. The van der Waals surface area contributed by atoms with Crippen LogP contribution in [0.3, 0.4) is 0 Å². The summed E-state index contributed by atoms with van der Waals surface area (Å²) in [6.07, 6.45) is 3.80. The van der Waals surface area contributed by atoms with Crippen LogP contribution in [0.1, 0.15) is 37.5 Å². The van der Waals surface area contributed by atoms with Gasteiger partial charge in [0.05, 0.1) is 29.0 Å². The van der Waals surface area contributed by atoms with Crippen LogP contribution >= 0.6 is 15.9 Å². The van der Waals surface area contributed by atoms with E-state index in [1.165, 1.54) is 0 Å². The van der Waals surface area contributed by atoms with Crippen LogP contribution in [-0.2, 0) is 26.6 Å². The molecule has 20 heavy (non-hydrogen) atoms. The normalized spacial score (nSPS) is 11.2. The van der Waals surface area contributed by atoms with Gasteiger partial charge in [0.1, 0.15) is 6.33 Å². The molecule has 0 aliphatic heterocycles. The van der Waals surface area contributed by atoms with Gasteiger partial charge in [-0.1, -0.05) is 13.8 Å². The van der Waals surface area contributed by atoms with Gasteiger partial charge in [0.2, 0.25) is 0 Å². The third kappa shape index (κ3) is 3.46. The summed E-state index contributed by atoms with van der Waals surface area (Å²) in [6.45, 7) is 6.62. The first-order valence-electron chi connectivity index (χ1n) is 6.95. The molecule has 0 saturated carbocycles. The maximum atomic E-state index is 4.49. The Morgan fingerprint density at radius 3 is 2.75 bits per heavy atom. The highest BCUT2D eigenvalue weighted by Gasteiger charge is 2.13. The largest absolute Gasteiger partial charge is 0.310 e. The predicted octanol–water partition coefficient (Wildman–Crippen LogP) is 1.88. The van der Waals surface area contributed by atoms with Crippen LogP contribution < -0.4 is 5.32 Å². The van der Waals surface area contributed by atoms with Gasteiger partial charge >= 0.3 is 0 Å². The summed E-state index contributed by atoms with van der Waals surface area (Å²) in [5, 5.41) is 12.3. The van der Waals surface area contributed by atoms with E-state index in [4.69, 9.17) is 0 Å². The molecule has 0 aliphatic rings. The number of hydrogen-bond acceptors (Lipinski definition) is 4. The van der Waals surface area contributed by atoms with E-state index in [2.05, 4.69) is 50.3 Å². The zero-order valence-electron chi connectivity index (χ0n) is 12.2. The average Bonchev–Trinajstić information content (AvgIpc) is 2.99. The standard InChI is InChI=1S/C13H21BrN6/c1-4-6-15-7-12-16-9-20(18-12)8-11-13(14)10(5-2)17-19(11)3/h9,15H,4-8H2,1-3H3. The Bertz CT molecular complexity index is 559. The van der Waals surface area contributed by atoms with Crippen molar-refractivity contribution in [1.29, 1.82) is 0 Å². The smallest absolute Gasteiger partial charge is 0.164 e. The molecule has 2 aromatic rings. The third-order valence-corrected chi connectivity index (χ3v) is 4.02. The number of nitrogens with one attached hydrogen (secondary N) is 1. The Morgan fingerprint density at radius 2 is 2.10 bits per heavy atom. The molecule has 0 saturated heterocycles. The summed E-state index contributed by atoms with van der Waals surface area (Å²) in [6, 6.07) is 0. The maximum absolute atomic E-state index is 4.49. The molecule has 2 heterocycles. The molecule has 0 amide bonds. The van der Waals surface area contributed by atoms with Crippen LogP contribution in [0, 0.1) is 0 Å². The second-order valence-electron chi connectivity index (χ2n) is 4.72. The van der Waals surface area contributed by atoms with Crippen molar-refractivity contribution in [3.63, 3.8) is 0 Å². The number of aromatic nitrogens is 5. The summed E-state index contributed by atoms with van der Waals surface area (Å²) < 4.78 is 4.83. The molecule has 0 unspecified atom stereocenters. The fourth-order valence-corrected chi connectivity index (χ4v) is 2.75. The molecule has 6 nitrogen and oxygen atoms in total. The lowest BCUT2D eigenvalue weighted by Crippen LogP contribution is -2.15. The quantitative estimate of drug-likeness (QED) is 0.782. The summed E-state index contributed by atoms with van der Waals surface area (Å²) in [7, 11) is 1.96. The van der Waals surface area contributed by atoms with Crippen LogP contribution in [0.4, 0.5) is 0 Å². The van der Waals surface area contributed by atoms with E-state index >= 15 is 0 Å². The summed E-state index contributed by atoms with van der Waals surface area (Å²) in [5.41, 5.74) is 2.19. The number of rotatable bonds is 7. The first-order chi connectivity index (χ1) is 9.65. The lowest BCUT2D eigenvalue weighted by Gasteiger charge is -2.02. The van der Waals surface area contributed by atoms with E-state index in [1.807, 2.05) is 16.4 Å². The molecule has 0 radical (unpaired) electrons.